The van der Waals surface area contributed by atoms with Crippen LogP contribution in [0, 0.1) is 12.7 Å². The lowest BCUT2D eigenvalue weighted by molar-refractivity contribution is 0.0725. The van der Waals surface area contributed by atoms with Crippen LogP contribution in [0.2, 0.25) is 0 Å². The average molecular weight is 239 g/mol. The van der Waals surface area contributed by atoms with E-state index in [9.17, 15) is 14.3 Å². The van der Waals surface area contributed by atoms with Gasteiger partial charge in [-0.3, -0.25) is 4.79 Å². The van der Waals surface area contributed by atoms with Crippen molar-refractivity contribution in [3.05, 3.63) is 23.3 Å². The first-order valence-electron chi connectivity index (χ1n) is 5.45. The number of carbonyl (C=O) groups is 1. The summed E-state index contributed by atoms with van der Waals surface area (Å²) in [6, 6.07) is 1.10. The lowest BCUT2D eigenvalue weighted by atomic mass is 10.2. The number of hydrogen-bond donors (Lipinski definition) is 2. The molecule has 0 unspecified atom stereocenters. The first-order chi connectivity index (χ1) is 8.09. The van der Waals surface area contributed by atoms with Crippen molar-refractivity contribution < 1.29 is 14.3 Å². The molecule has 0 atom stereocenters. The lowest BCUT2D eigenvalue weighted by Crippen LogP contribution is -2.46. The van der Waals surface area contributed by atoms with E-state index in [1.54, 1.807) is 11.8 Å². The van der Waals surface area contributed by atoms with Gasteiger partial charge in [-0.15, -0.1) is 0 Å². The van der Waals surface area contributed by atoms with Gasteiger partial charge < -0.3 is 15.3 Å². The first kappa shape index (κ1) is 11.8. The topological polar surface area (TPSA) is 65.5 Å². The first-order valence-corrected chi connectivity index (χ1v) is 5.45. The van der Waals surface area contributed by atoms with Gasteiger partial charge in [0.05, 0.1) is 0 Å². The predicted octanol–water partition coefficient (Wildman–Crippen LogP) is 0.280. The molecule has 0 aromatic carbocycles. The SMILES string of the molecule is Cc1cc(F)c(O)c(C(=O)N2CCNCC2)n1. The molecule has 0 aliphatic carbocycles. The van der Waals surface area contributed by atoms with Crippen molar-refractivity contribution in [2.45, 2.75) is 6.92 Å². The van der Waals surface area contributed by atoms with Gasteiger partial charge in [-0.2, -0.15) is 0 Å². The summed E-state index contributed by atoms with van der Waals surface area (Å²) in [5.41, 5.74) is 0.170. The van der Waals surface area contributed by atoms with E-state index in [-0.39, 0.29) is 5.69 Å². The van der Waals surface area contributed by atoms with E-state index < -0.39 is 17.5 Å². The molecule has 17 heavy (non-hydrogen) atoms. The van der Waals surface area contributed by atoms with Crippen LogP contribution in [0.3, 0.4) is 0 Å². The van der Waals surface area contributed by atoms with Crippen molar-refractivity contribution in [2.75, 3.05) is 26.2 Å². The Labute approximate surface area is 98.3 Å². The highest BCUT2D eigenvalue weighted by Gasteiger charge is 2.24. The van der Waals surface area contributed by atoms with Crippen LogP contribution >= 0.6 is 0 Å². The van der Waals surface area contributed by atoms with Crippen LogP contribution in [-0.4, -0.2) is 47.1 Å². The zero-order valence-corrected chi connectivity index (χ0v) is 9.53. The molecule has 2 heterocycles. The van der Waals surface area contributed by atoms with Crippen LogP contribution in [0.4, 0.5) is 4.39 Å². The number of piperazine rings is 1. The number of pyridine rings is 1. The fourth-order valence-corrected chi connectivity index (χ4v) is 1.79. The fourth-order valence-electron chi connectivity index (χ4n) is 1.79. The van der Waals surface area contributed by atoms with E-state index >= 15 is 0 Å². The third kappa shape index (κ3) is 2.36. The predicted molar refractivity (Wildman–Crippen MR) is 59.4 cm³/mol. The largest absolute Gasteiger partial charge is 0.503 e. The third-order valence-electron chi connectivity index (χ3n) is 2.68. The Morgan fingerprint density at radius 2 is 2.18 bits per heavy atom. The summed E-state index contributed by atoms with van der Waals surface area (Å²) in [4.78, 5) is 17.5. The maximum Gasteiger partial charge on any atom is 0.276 e. The van der Waals surface area contributed by atoms with Crippen molar-refractivity contribution in [2.24, 2.45) is 0 Å². The molecule has 0 saturated carbocycles. The fraction of sp³-hybridized carbons (Fsp3) is 0.455. The molecule has 2 N–H and O–H groups in total. The standard InChI is InChI=1S/C11H14FN3O2/c1-7-6-8(12)10(16)9(14-7)11(17)15-4-2-13-3-5-15/h6,13,16H,2-5H2,1H3. The molecule has 1 aromatic heterocycles. The number of aromatic nitrogens is 1. The van der Waals surface area contributed by atoms with Gasteiger partial charge >= 0.3 is 0 Å². The monoisotopic (exact) mass is 239 g/mol. The molecule has 1 aromatic rings. The highest BCUT2D eigenvalue weighted by molar-refractivity contribution is 5.95. The van der Waals surface area contributed by atoms with E-state index in [2.05, 4.69) is 10.3 Å². The molecule has 2 rings (SSSR count). The zero-order chi connectivity index (χ0) is 12.4. The summed E-state index contributed by atoms with van der Waals surface area (Å²) >= 11 is 0. The highest BCUT2D eigenvalue weighted by Crippen LogP contribution is 2.21. The van der Waals surface area contributed by atoms with E-state index in [0.29, 0.717) is 31.9 Å². The van der Waals surface area contributed by atoms with Crippen LogP contribution in [-0.2, 0) is 0 Å². The molecule has 1 amide bonds. The molecule has 0 radical (unpaired) electrons. The molecular formula is C11H14FN3O2. The number of nitrogens with one attached hydrogen (secondary N) is 1. The summed E-state index contributed by atoms with van der Waals surface area (Å²) in [5, 5.41) is 12.6. The van der Waals surface area contributed by atoms with Crippen LogP contribution in [0.5, 0.6) is 5.75 Å². The molecule has 0 bridgehead atoms. The number of amides is 1. The minimum absolute atomic E-state index is 0.204. The van der Waals surface area contributed by atoms with Gasteiger partial charge in [0.25, 0.3) is 5.91 Å². The third-order valence-corrected chi connectivity index (χ3v) is 2.68. The van der Waals surface area contributed by atoms with Gasteiger partial charge in [0.15, 0.2) is 17.3 Å². The molecule has 6 heteroatoms. The molecular weight excluding hydrogens is 225 g/mol. The number of aryl methyl sites for hydroxylation is 1. The minimum atomic E-state index is -0.809. The summed E-state index contributed by atoms with van der Waals surface area (Å²) in [7, 11) is 0. The molecule has 1 aliphatic heterocycles. The normalized spacial score (nSPS) is 16.0. The van der Waals surface area contributed by atoms with Crippen molar-refractivity contribution in [3.8, 4) is 5.75 Å². The van der Waals surface area contributed by atoms with E-state index in [0.717, 1.165) is 6.07 Å². The van der Waals surface area contributed by atoms with Crippen LogP contribution < -0.4 is 5.32 Å². The summed E-state index contributed by atoms with van der Waals surface area (Å²) in [6.45, 7) is 4.05. The molecule has 1 saturated heterocycles. The summed E-state index contributed by atoms with van der Waals surface area (Å²) < 4.78 is 13.3. The lowest BCUT2D eigenvalue weighted by Gasteiger charge is -2.27. The van der Waals surface area contributed by atoms with Gasteiger partial charge in [0, 0.05) is 31.9 Å². The Hall–Kier alpha value is -1.69. The number of halogens is 1. The van der Waals surface area contributed by atoms with Crippen LogP contribution in [0.1, 0.15) is 16.2 Å². The average Bonchev–Trinajstić information content (AvgIpc) is 2.34. The molecule has 1 fully saturated rings. The number of hydrogen-bond acceptors (Lipinski definition) is 4. The smallest absolute Gasteiger partial charge is 0.276 e. The van der Waals surface area contributed by atoms with Gasteiger partial charge in [-0.05, 0) is 13.0 Å². The maximum absolute atomic E-state index is 13.3. The van der Waals surface area contributed by atoms with Gasteiger partial charge in [0.2, 0.25) is 0 Å². The second-order valence-electron chi connectivity index (χ2n) is 3.98. The van der Waals surface area contributed by atoms with E-state index in [4.69, 9.17) is 0 Å². The van der Waals surface area contributed by atoms with Crippen molar-refractivity contribution in [1.29, 1.82) is 0 Å². The van der Waals surface area contributed by atoms with E-state index in [1.165, 1.54) is 0 Å². The maximum atomic E-state index is 13.3. The molecule has 0 spiro atoms. The van der Waals surface area contributed by atoms with Crippen molar-refractivity contribution in [3.63, 3.8) is 0 Å². The number of rotatable bonds is 1. The Kier molecular flexibility index (Phi) is 3.23. The quantitative estimate of drug-likeness (QED) is 0.738. The van der Waals surface area contributed by atoms with Crippen LogP contribution in [0.25, 0.3) is 0 Å². The van der Waals surface area contributed by atoms with E-state index in [1.807, 2.05) is 0 Å². The number of carbonyl (C=O) groups excluding carboxylic acids is 1. The second-order valence-corrected chi connectivity index (χ2v) is 3.98. The summed E-state index contributed by atoms with van der Waals surface area (Å²) in [6.07, 6.45) is 0. The number of nitrogens with zero attached hydrogens (tertiary/aromatic N) is 2. The molecule has 5 nitrogen and oxygen atoms in total. The highest BCUT2D eigenvalue weighted by atomic mass is 19.1. The second kappa shape index (κ2) is 4.67. The van der Waals surface area contributed by atoms with Crippen molar-refractivity contribution >= 4 is 5.91 Å². The van der Waals surface area contributed by atoms with Crippen molar-refractivity contribution in [1.82, 2.24) is 15.2 Å². The van der Waals surface area contributed by atoms with Gasteiger partial charge in [0.1, 0.15) is 0 Å². The Balaban J connectivity index is 2.29. The molecule has 1 aliphatic rings. The Morgan fingerprint density at radius 1 is 1.53 bits per heavy atom. The van der Waals surface area contributed by atoms with Crippen LogP contribution in [0.15, 0.2) is 6.07 Å². The Bertz CT molecular complexity index is 445. The minimum Gasteiger partial charge on any atom is -0.503 e. The molecule has 92 valence electrons. The Morgan fingerprint density at radius 3 is 2.82 bits per heavy atom. The number of aromatic hydroxyl groups is 1. The van der Waals surface area contributed by atoms with Gasteiger partial charge in [-0.25, -0.2) is 9.37 Å². The van der Waals surface area contributed by atoms with Gasteiger partial charge in [-0.1, -0.05) is 0 Å². The zero-order valence-electron chi connectivity index (χ0n) is 9.53. The summed E-state index contributed by atoms with van der Waals surface area (Å²) in [5.74, 6) is -1.90.